The summed E-state index contributed by atoms with van der Waals surface area (Å²) in [6.07, 6.45) is -26.3. The third kappa shape index (κ3) is 5.95. The Morgan fingerprint density at radius 1 is 0.463 bits per heavy atom. The van der Waals surface area contributed by atoms with Gasteiger partial charge in [-0.2, -0.15) is 0 Å². The zero-order valence-electron chi connectivity index (χ0n) is 21.8. The van der Waals surface area contributed by atoms with Gasteiger partial charge in [-0.15, -0.1) is 0 Å². The fourth-order valence-corrected chi connectivity index (χ4v) is 5.64. The predicted octanol–water partition coefficient (Wildman–Crippen LogP) is -6.03. The second kappa shape index (κ2) is 13.3. The van der Waals surface area contributed by atoms with E-state index in [1.807, 2.05) is 0 Å². The van der Waals surface area contributed by atoms with Gasteiger partial charge in [0.05, 0.1) is 19.8 Å². The highest BCUT2D eigenvalue weighted by molar-refractivity contribution is 5.75. The lowest BCUT2D eigenvalue weighted by molar-refractivity contribution is -0.243. The standard InChI is InChI=1S/C26H38O15/c27-6-10-15(30)18(33)21(36)24(39-10)13(9-4-2-1-3-5-9)14(25-22(37)19(34)16(31)11(7-28)40-25)26-23(38)20(35)17(32)12(8-29)41-26/h1-5,10-12,15-38H,6-8H2/t10-,11-,12-,15-,16-,17-,18+,19+,20+,21-,22-,23-,24?,25?,26?/m1/s1. The molecule has 41 heavy (non-hydrogen) atoms. The number of benzene rings is 1. The van der Waals surface area contributed by atoms with Crippen LogP contribution in [-0.4, -0.2) is 173 Å². The monoisotopic (exact) mass is 590 g/mol. The van der Waals surface area contributed by atoms with Crippen molar-refractivity contribution in [2.75, 3.05) is 19.8 Å². The topological polar surface area (TPSA) is 270 Å². The lowest BCUT2D eigenvalue weighted by Gasteiger charge is -2.48. The SMILES string of the molecule is OC[C@H]1OC(C(=C(C2O[C@H](CO)[C@@H](O)[C@H](O)[C@H]2O)C2O[C@H](CO)[C@@H](O)[C@H](O)[C@H]2O)c2ccccc2)[C@H](O)[C@@H](O)[C@@H]1O. The maximum absolute atomic E-state index is 11.1. The fraction of sp³-hybridized carbons (Fsp3) is 0.692. The fourth-order valence-electron chi connectivity index (χ4n) is 5.64. The van der Waals surface area contributed by atoms with E-state index in [0.717, 1.165) is 0 Å². The number of hydrogen-bond acceptors (Lipinski definition) is 15. The van der Waals surface area contributed by atoms with Gasteiger partial charge in [-0.25, -0.2) is 0 Å². The van der Waals surface area contributed by atoms with Crippen molar-refractivity contribution >= 4 is 5.57 Å². The summed E-state index contributed by atoms with van der Waals surface area (Å²) >= 11 is 0. The van der Waals surface area contributed by atoms with E-state index in [4.69, 9.17) is 14.2 Å². The molecule has 0 bridgehead atoms. The summed E-state index contributed by atoms with van der Waals surface area (Å²) in [7, 11) is 0. The van der Waals surface area contributed by atoms with Gasteiger partial charge >= 0.3 is 0 Å². The summed E-state index contributed by atoms with van der Waals surface area (Å²) in [5, 5.41) is 126. The van der Waals surface area contributed by atoms with Crippen molar-refractivity contribution in [3.05, 3.63) is 41.5 Å². The minimum atomic E-state index is -1.97. The van der Waals surface area contributed by atoms with Gasteiger partial charge in [-0.3, -0.25) is 0 Å². The van der Waals surface area contributed by atoms with Gasteiger partial charge in [0.2, 0.25) is 0 Å². The van der Waals surface area contributed by atoms with Gasteiger partial charge in [0.15, 0.2) is 0 Å². The minimum absolute atomic E-state index is 0.142. The third-order valence-corrected chi connectivity index (χ3v) is 7.97. The molecule has 0 radical (unpaired) electrons. The van der Waals surface area contributed by atoms with E-state index in [1.165, 1.54) is 12.1 Å². The van der Waals surface area contributed by atoms with E-state index >= 15 is 0 Å². The molecule has 4 rings (SSSR count). The number of aliphatic hydroxyl groups is 12. The van der Waals surface area contributed by atoms with Crippen LogP contribution in [0.2, 0.25) is 0 Å². The van der Waals surface area contributed by atoms with E-state index in [9.17, 15) is 61.3 Å². The lowest BCUT2D eigenvalue weighted by Crippen LogP contribution is -2.64. The van der Waals surface area contributed by atoms with Crippen LogP contribution in [-0.2, 0) is 14.2 Å². The van der Waals surface area contributed by atoms with Crippen LogP contribution in [0.3, 0.4) is 0 Å². The molecular formula is C26H38O15. The van der Waals surface area contributed by atoms with Crippen LogP contribution in [0.5, 0.6) is 0 Å². The summed E-state index contributed by atoms with van der Waals surface area (Å²) < 4.78 is 17.4. The molecule has 3 unspecified atom stereocenters. The molecule has 12 N–H and O–H groups in total. The molecule has 3 fully saturated rings. The van der Waals surface area contributed by atoms with Gasteiger partial charge < -0.3 is 75.5 Å². The average Bonchev–Trinajstić information content (AvgIpc) is 2.98. The van der Waals surface area contributed by atoms with Crippen molar-refractivity contribution in [3.8, 4) is 0 Å². The number of rotatable bonds is 7. The molecule has 1 aromatic carbocycles. The Kier molecular flexibility index (Phi) is 10.5. The van der Waals surface area contributed by atoms with E-state index < -0.39 is 111 Å². The van der Waals surface area contributed by atoms with Crippen LogP contribution < -0.4 is 0 Å². The Hall–Kier alpha value is -1.64. The molecule has 3 saturated heterocycles. The van der Waals surface area contributed by atoms with E-state index in [-0.39, 0.29) is 16.7 Å². The highest BCUT2D eigenvalue weighted by Crippen LogP contribution is 2.41. The molecule has 0 saturated carbocycles. The number of hydrogen-bond donors (Lipinski definition) is 12. The zero-order chi connectivity index (χ0) is 30.2. The van der Waals surface area contributed by atoms with Crippen molar-refractivity contribution in [2.24, 2.45) is 0 Å². The maximum atomic E-state index is 11.1. The summed E-state index contributed by atoms with van der Waals surface area (Å²) in [4.78, 5) is 0. The summed E-state index contributed by atoms with van der Waals surface area (Å²) in [6, 6.07) is 7.78. The molecule has 15 atom stereocenters. The second-order valence-electron chi connectivity index (χ2n) is 10.5. The van der Waals surface area contributed by atoms with Crippen LogP contribution in [0.1, 0.15) is 5.56 Å². The maximum Gasteiger partial charge on any atom is 0.113 e. The Labute approximate surface area is 234 Å². The quantitative estimate of drug-likeness (QED) is 0.141. The van der Waals surface area contributed by atoms with Gasteiger partial charge in [-0.05, 0) is 16.7 Å². The molecule has 3 aliphatic heterocycles. The first-order valence-corrected chi connectivity index (χ1v) is 13.2. The molecule has 15 nitrogen and oxygen atoms in total. The largest absolute Gasteiger partial charge is 0.394 e. The highest BCUT2D eigenvalue weighted by Gasteiger charge is 2.54. The molecule has 0 spiro atoms. The molecule has 3 aliphatic rings. The molecule has 0 aromatic heterocycles. The highest BCUT2D eigenvalue weighted by atomic mass is 16.6. The second-order valence-corrected chi connectivity index (χ2v) is 10.5. The average molecular weight is 591 g/mol. The molecular weight excluding hydrogens is 552 g/mol. The van der Waals surface area contributed by atoms with Crippen molar-refractivity contribution in [1.29, 1.82) is 0 Å². The van der Waals surface area contributed by atoms with E-state index in [1.54, 1.807) is 18.2 Å². The smallest absolute Gasteiger partial charge is 0.113 e. The summed E-state index contributed by atoms with van der Waals surface area (Å²) in [5.74, 6) is 0. The van der Waals surface area contributed by atoms with Crippen LogP contribution in [0, 0.1) is 0 Å². The normalized spacial score (nSPS) is 45.3. The zero-order valence-corrected chi connectivity index (χ0v) is 21.8. The first-order chi connectivity index (χ1) is 19.5. The predicted molar refractivity (Wildman–Crippen MR) is 135 cm³/mol. The van der Waals surface area contributed by atoms with Crippen LogP contribution in [0.4, 0.5) is 0 Å². The summed E-state index contributed by atoms with van der Waals surface area (Å²) in [6.45, 7) is -2.45. The Morgan fingerprint density at radius 3 is 1.17 bits per heavy atom. The molecule has 3 heterocycles. The van der Waals surface area contributed by atoms with Crippen LogP contribution in [0.25, 0.3) is 5.57 Å². The van der Waals surface area contributed by atoms with Crippen LogP contribution >= 0.6 is 0 Å². The van der Waals surface area contributed by atoms with E-state index in [2.05, 4.69) is 0 Å². The van der Waals surface area contributed by atoms with Gasteiger partial charge in [0.1, 0.15) is 91.6 Å². The molecule has 15 heteroatoms. The minimum Gasteiger partial charge on any atom is -0.394 e. The molecule has 0 amide bonds. The Morgan fingerprint density at radius 2 is 0.805 bits per heavy atom. The number of aliphatic hydroxyl groups excluding tert-OH is 12. The third-order valence-electron chi connectivity index (χ3n) is 7.97. The lowest BCUT2D eigenvalue weighted by atomic mass is 9.77. The Balaban J connectivity index is 2.01. The van der Waals surface area contributed by atoms with Gasteiger partial charge in [0.25, 0.3) is 0 Å². The van der Waals surface area contributed by atoms with Crippen molar-refractivity contribution in [3.63, 3.8) is 0 Å². The molecule has 232 valence electrons. The first-order valence-electron chi connectivity index (χ1n) is 13.2. The number of ether oxygens (including phenoxy) is 3. The molecule has 1 aromatic rings. The van der Waals surface area contributed by atoms with Crippen molar-refractivity contribution in [1.82, 2.24) is 0 Å². The molecule has 0 aliphatic carbocycles. The van der Waals surface area contributed by atoms with Crippen molar-refractivity contribution in [2.45, 2.75) is 91.6 Å². The van der Waals surface area contributed by atoms with Crippen LogP contribution in [0.15, 0.2) is 35.9 Å². The first kappa shape index (κ1) is 32.3. The summed E-state index contributed by atoms with van der Waals surface area (Å²) in [5.41, 5.74) is -0.244. The van der Waals surface area contributed by atoms with E-state index in [0.29, 0.717) is 0 Å². The van der Waals surface area contributed by atoms with Gasteiger partial charge in [0, 0.05) is 0 Å². The van der Waals surface area contributed by atoms with Crippen molar-refractivity contribution < 1.29 is 75.5 Å². The van der Waals surface area contributed by atoms with Gasteiger partial charge in [-0.1, -0.05) is 30.3 Å². The Bertz CT molecular complexity index is 981.